The third-order valence-corrected chi connectivity index (χ3v) is 1.79. The van der Waals surface area contributed by atoms with Gasteiger partial charge in [-0.1, -0.05) is 0 Å². The maximum Gasteiger partial charge on any atom is 0.409 e. The van der Waals surface area contributed by atoms with Crippen molar-refractivity contribution in [3.8, 4) is 0 Å². The van der Waals surface area contributed by atoms with Gasteiger partial charge < -0.3 is 5.32 Å². The predicted octanol–water partition coefficient (Wildman–Crippen LogP) is 2.36. The second-order valence-corrected chi connectivity index (χ2v) is 2.79. The van der Waals surface area contributed by atoms with Crippen molar-refractivity contribution in [1.82, 2.24) is 5.32 Å². The lowest BCUT2D eigenvalue weighted by Crippen LogP contribution is -2.57. The highest BCUT2D eigenvalue weighted by atomic mass is 35.5. The van der Waals surface area contributed by atoms with E-state index in [0.29, 0.717) is 0 Å². The number of hydrogen-bond acceptors (Lipinski definition) is 1. The Balaban J connectivity index is 0.00000144. The average Bonchev–Trinajstić information content (AvgIpc) is 1.83. The van der Waals surface area contributed by atoms with E-state index in [9.17, 15) is 22.0 Å². The second kappa shape index (κ2) is 3.96. The molecule has 1 unspecified atom stereocenters. The van der Waals surface area contributed by atoms with Crippen LogP contribution in [-0.2, 0) is 0 Å². The van der Waals surface area contributed by atoms with Crippen LogP contribution in [0.4, 0.5) is 22.0 Å². The fourth-order valence-corrected chi connectivity index (χ4v) is 1.22. The molecule has 0 bridgehead atoms. The van der Waals surface area contributed by atoms with Gasteiger partial charge in [-0.25, -0.2) is 8.78 Å². The van der Waals surface area contributed by atoms with Crippen molar-refractivity contribution < 1.29 is 22.0 Å². The molecule has 1 N–H and O–H groups in total. The Morgan fingerprint density at radius 2 is 1.77 bits per heavy atom. The fraction of sp³-hybridized carbons (Fsp3) is 1.00. The number of hydrogen-bond donors (Lipinski definition) is 1. The van der Waals surface area contributed by atoms with Crippen LogP contribution in [0, 0.1) is 0 Å². The predicted molar refractivity (Wildman–Crippen MR) is 39.3 cm³/mol. The van der Waals surface area contributed by atoms with Crippen molar-refractivity contribution >= 4 is 12.4 Å². The van der Waals surface area contributed by atoms with Gasteiger partial charge in [-0.3, -0.25) is 0 Å². The molecule has 80 valence electrons. The van der Waals surface area contributed by atoms with Gasteiger partial charge in [0.25, 0.3) is 5.92 Å². The minimum atomic E-state index is -4.86. The van der Waals surface area contributed by atoms with Crippen molar-refractivity contribution in [1.29, 1.82) is 0 Å². The van der Waals surface area contributed by atoms with Crippen molar-refractivity contribution in [2.24, 2.45) is 0 Å². The molecule has 1 atom stereocenters. The van der Waals surface area contributed by atoms with E-state index in [1.165, 1.54) is 0 Å². The molecule has 1 fully saturated rings. The summed E-state index contributed by atoms with van der Waals surface area (Å²) < 4.78 is 60.8. The number of rotatable bonds is 0. The van der Waals surface area contributed by atoms with Gasteiger partial charge in [-0.15, -0.1) is 12.4 Å². The maximum absolute atomic E-state index is 12.6. The monoisotopic (exact) mass is 225 g/mol. The lowest BCUT2D eigenvalue weighted by atomic mass is 10.00. The number of piperidine rings is 1. The van der Waals surface area contributed by atoms with Crippen LogP contribution in [0.2, 0.25) is 0 Å². The minimum absolute atomic E-state index is 0. The molecule has 1 nitrogen and oxygen atoms in total. The largest absolute Gasteiger partial charge is 0.409 e. The van der Waals surface area contributed by atoms with Crippen LogP contribution in [0.5, 0.6) is 0 Å². The highest BCUT2D eigenvalue weighted by Crippen LogP contribution is 2.37. The molecular weight excluding hydrogens is 217 g/mol. The molecule has 1 saturated heterocycles. The first-order chi connectivity index (χ1) is 5.34. The molecule has 0 amide bonds. The molecule has 1 aliphatic rings. The molecule has 1 heterocycles. The van der Waals surface area contributed by atoms with E-state index in [1.807, 2.05) is 0 Å². The zero-order chi connectivity index (χ0) is 9.41. The highest BCUT2D eigenvalue weighted by Gasteiger charge is 2.56. The number of halogens is 6. The van der Waals surface area contributed by atoms with E-state index in [2.05, 4.69) is 0 Å². The maximum atomic E-state index is 12.6. The normalized spacial score (nSPS) is 27.9. The third-order valence-electron chi connectivity index (χ3n) is 1.79. The molecule has 0 aromatic rings. The fourth-order valence-electron chi connectivity index (χ4n) is 1.22. The van der Waals surface area contributed by atoms with Crippen LogP contribution >= 0.6 is 12.4 Å². The summed E-state index contributed by atoms with van der Waals surface area (Å²) in [5.74, 6) is -3.66. The Morgan fingerprint density at radius 1 is 1.23 bits per heavy atom. The Labute approximate surface area is 78.1 Å². The third kappa shape index (κ3) is 2.95. The van der Waals surface area contributed by atoms with E-state index in [1.54, 1.807) is 5.32 Å². The van der Waals surface area contributed by atoms with Crippen molar-refractivity contribution in [2.75, 3.05) is 6.54 Å². The smallest absolute Gasteiger partial charge is 0.301 e. The van der Waals surface area contributed by atoms with Gasteiger partial charge >= 0.3 is 6.18 Å². The summed E-state index contributed by atoms with van der Waals surface area (Å²) in [5, 5.41) is 1.77. The van der Waals surface area contributed by atoms with Crippen molar-refractivity contribution in [2.45, 2.75) is 31.0 Å². The number of nitrogens with one attached hydrogen (secondary N) is 1. The average molecular weight is 226 g/mol. The Hall–Kier alpha value is -0.100. The van der Waals surface area contributed by atoms with Gasteiger partial charge in [0, 0.05) is 6.42 Å². The minimum Gasteiger partial charge on any atom is -0.301 e. The first-order valence-corrected chi connectivity index (χ1v) is 3.52. The van der Waals surface area contributed by atoms with Gasteiger partial charge in [0.2, 0.25) is 0 Å². The summed E-state index contributed by atoms with van der Waals surface area (Å²) in [4.78, 5) is 0. The lowest BCUT2D eigenvalue weighted by Gasteiger charge is -2.33. The van der Waals surface area contributed by atoms with Crippen LogP contribution in [0.15, 0.2) is 0 Å². The molecule has 0 radical (unpaired) electrons. The van der Waals surface area contributed by atoms with E-state index in [0.717, 1.165) is 0 Å². The van der Waals surface area contributed by atoms with Gasteiger partial charge in [0.05, 0.1) is 0 Å². The Bertz CT molecular complexity index is 169. The summed E-state index contributed by atoms with van der Waals surface area (Å²) in [7, 11) is 0. The van der Waals surface area contributed by atoms with Gasteiger partial charge in [0.1, 0.15) is 0 Å². The molecule has 1 rings (SSSR count). The summed E-state index contributed by atoms with van der Waals surface area (Å²) in [6.07, 6.45) is -5.46. The lowest BCUT2D eigenvalue weighted by molar-refractivity contribution is -0.223. The van der Waals surface area contributed by atoms with Crippen molar-refractivity contribution in [3.63, 3.8) is 0 Å². The summed E-state index contributed by atoms with van der Waals surface area (Å²) >= 11 is 0. The molecule has 0 spiro atoms. The van der Waals surface area contributed by atoms with Crippen LogP contribution in [0.25, 0.3) is 0 Å². The molecule has 13 heavy (non-hydrogen) atoms. The van der Waals surface area contributed by atoms with Crippen molar-refractivity contribution in [3.05, 3.63) is 0 Å². The molecule has 1 aliphatic heterocycles. The van der Waals surface area contributed by atoms with Crippen LogP contribution in [0.3, 0.4) is 0 Å². The molecule has 0 saturated carbocycles. The molecule has 0 aliphatic carbocycles. The van der Waals surface area contributed by atoms with E-state index >= 15 is 0 Å². The number of alkyl halides is 5. The van der Waals surface area contributed by atoms with Crippen LogP contribution in [-0.4, -0.2) is 24.7 Å². The van der Waals surface area contributed by atoms with Gasteiger partial charge in [0.15, 0.2) is 6.04 Å². The van der Waals surface area contributed by atoms with E-state index < -0.39 is 24.6 Å². The zero-order valence-corrected chi connectivity index (χ0v) is 7.31. The quantitative estimate of drug-likeness (QED) is 0.624. The second-order valence-electron chi connectivity index (χ2n) is 2.79. The summed E-state index contributed by atoms with van der Waals surface area (Å²) in [5.41, 5.74) is 0. The Kier molecular flexibility index (Phi) is 3.93. The summed E-state index contributed by atoms with van der Waals surface area (Å²) in [6, 6.07) is -2.67. The highest BCUT2D eigenvalue weighted by molar-refractivity contribution is 5.85. The standard InChI is InChI=1S/C6H8F5N.ClH/c7-5(8)2-1-3-12-4(5)6(9,10)11;/h4,12H,1-3H2;1H. The Morgan fingerprint density at radius 3 is 2.08 bits per heavy atom. The SMILES string of the molecule is Cl.FC(F)(F)C1NCCCC1(F)F. The first-order valence-electron chi connectivity index (χ1n) is 3.52. The zero-order valence-electron chi connectivity index (χ0n) is 6.50. The summed E-state index contributed by atoms with van der Waals surface area (Å²) in [6.45, 7) is -0.000231. The molecular formula is C6H9ClF5N. The van der Waals surface area contributed by atoms with Crippen LogP contribution < -0.4 is 5.32 Å². The molecule has 0 aromatic carbocycles. The van der Waals surface area contributed by atoms with Gasteiger partial charge in [-0.2, -0.15) is 13.2 Å². The first kappa shape index (κ1) is 12.9. The van der Waals surface area contributed by atoms with E-state index in [4.69, 9.17) is 0 Å². The molecule has 0 aromatic heterocycles. The van der Waals surface area contributed by atoms with Crippen LogP contribution in [0.1, 0.15) is 12.8 Å². The van der Waals surface area contributed by atoms with E-state index in [-0.39, 0.29) is 25.4 Å². The molecule has 7 heteroatoms. The van der Waals surface area contributed by atoms with Gasteiger partial charge in [-0.05, 0) is 13.0 Å². The topological polar surface area (TPSA) is 12.0 Å².